The molecule has 6 heteroatoms. The molecule has 124 valence electrons. The Kier molecular flexibility index (Phi) is 8.08. The second kappa shape index (κ2) is 9.82. The highest BCUT2D eigenvalue weighted by atomic mass is 35.5. The van der Waals surface area contributed by atoms with Crippen molar-refractivity contribution in [3.8, 4) is 5.75 Å². The molecule has 0 saturated carbocycles. The van der Waals surface area contributed by atoms with Crippen molar-refractivity contribution in [3.63, 3.8) is 0 Å². The Balaban J connectivity index is 0.00000264. The molecule has 2 rings (SSSR count). The molecule has 4 nitrogen and oxygen atoms in total. The van der Waals surface area contributed by atoms with Gasteiger partial charge in [-0.2, -0.15) is 0 Å². The van der Waals surface area contributed by atoms with E-state index < -0.39 is 5.97 Å². The van der Waals surface area contributed by atoms with E-state index >= 15 is 0 Å². The topological polar surface area (TPSA) is 58.6 Å². The van der Waals surface area contributed by atoms with E-state index in [0.29, 0.717) is 12.3 Å². The predicted molar refractivity (Wildman–Crippen MR) is 88.5 cm³/mol. The smallest absolute Gasteiger partial charge is 0.305 e. The Morgan fingerprint density at radius 1 is 1.13 bits per heavy atom. The van der Waals surface area contributed by atoms with Crippen molar-refractivity contribution in [2.45, 2.75) is 19.0 Å². The predicted octanol–water partition coefficient (Wildman–Crippen LogP) is 3.26. The van der Waals surface area contributed by atoms with E-state index in [4.69, 9.17) is 9.84 Å². The van der Waals surface area contributed by atoms with Crippen LogP contribution in [0, 0.1) is 5.82 Å². The summed E-state index contributed by atoms with van der Waals surface area (Å²) in [5.41, 5.74) is 1.07. The lowest BCUT2D eigenvalue weighted by Gasteiger charge is -2.18. The van der Waals surface area contributed by atoms with E-state index in [0.717, 1.165) is 5.56 Å². The number of halogens is 2. The molecule has 1 unspecified atom stereocenters. The first-order valence-corrected chi connectivity index (χ1v) is 7.01. The van der Waals surface area contributed by atoms with Crippen LogP contribution in [0.4, 0.5) is 4.39 Å². The van der Waals surface area contributed by atoms with Gasteiger partial charge >= 0.3 is 5.97 Å². The minimum absolute atomic E-state index is 0. The van der Waals surface area contributed by atoms with Crippen LogP contribution in [0.1, 0.15) is 12.0 Å². The van der Waals surface area contributed by atoms with E-state index in [1.54, 1.807) is 0 Å². The van der Waals surface area contributed by atoms with Crippen LogP contribution in [0.2, 0.25) is 0 Å². The number of benzene rings is 2. The third-order valence-electron chi connectivity index (χ3n) is 3.12. The van der Waals surface area contributed by atoms with Gasteiger partial charge in [-0.15, -0.1) is 12.4 Å². The van der Waals surface area contributed by atoms with E-state index in [1.807, 2.05) is 30.3 Å². The molecule has 0 heterocycles. The van der Waals surface area contributed by atoms with Crippen LogP contribution in [0.25, 0.3) is 0 Å². The first-order chi connectivity index (χ1) is 10.6. The minimum atomic E-state index is -0.895. The average molecular weight is 340 g/mol. The van der Waals surface area contributed by atoms with E-state index in [1.165, 1.54) is 24.3 Å². The summed E-state index contributed by atoms with van der Waals surface area (Å²) >= 11 is 0. The van der Waals surface area contributed by atoms with Gasteiger partial charge in [-0.3, -0.25) is 4.79 Å². The maximum absolute atomic E-state index is 12.8. The lowest BCUT2D eigenvalue weighted by atomic mass is 10.2. The van der Waals surface area contributed by atoms with Crippen LogP contribution >= 0.6 is 12.4 Å². The summed E-state index contributed by atoms with van der Waals surface area (Å²) in [5.74, 6) is -0.719. The maximum atomic E-state index is 12.8. The number of aliphatic carboxylic acids is 1. The number of rotatable bonds is 8. The van der Waals surface area contributed by atoms with Gasteiger partial charge in [0.1, 0.15) is 18.2 Å². The zero-order valence-electron chi connectivity index (χ0n) is 12.4. The van der Waals surface area contributed by atoms with Crippen molar-refractivity contribution in [3.05, 3.63) is 66.0 Å². The van der Waals surface area contributed by atoms with E-state index in [2.05, 4.69) is 5.32 Å². The van der Waals surface area contributed by atoms with Crippen molar-refractivity contribution in [2.24, 2.45) is 0 Å². The lowest BCUT2D eigenvalue weighted by Crippen LogP contribution is -2.36. The van der Waals surface area contributed by atoms with Crippen molar-refractivity contribution in [1.82, 2.24) is 5.32 Å². The summed E-state index contributed by atoms with van der Waals surface area (Å²) in [6.07, 6.45) is -0.0476. The number of ether oxygens (including phenoxy) is 1. The molecule has 0 radical (unpaired) electrons. The summed E-state index contributed by atoms with van der Waals surface area (Å²) < 4.78 is 18.3. The molecule has 0 spiro atoms. The van der Waals surface area contributed by atoms with Crippen molar-refractivity contribution < 1.29 is 19.0 Å². The Labute approximate surface area is 140 Å². The van der Waals surface area contributed by atoms with Gasteiger partial charge in [0.2, 0.25) is 0 Å². The van der Waals surface area contributed by atoms with Crippen molar-refractivity contribution >= 4 is 18.4 Å². The van der Waals surface area contributed by atoms with Crippen LogP contribution in [0.3, 0.4) is 0 Å². The second-order valence-corrected chi connectivity index (χ2v) is 4.93. The number of carboxylic acids is 1. The maximum Gasteiger partial charge on any atom is 0.305 e. The molecule has 0 fully saturated rings. The van der Waals surface area contributed by atoms with Crippen LogP contribution in [0.5, 0.6) is 5.75 Å². The average Bonchev–Trinajstić information content (AvgIpc) is 2.52. The highest BCUT2D eigenvalue weighted by Gasteiger charge is 2.13. The summed E-state index contributed by atoms with van der Waals surface area (Å²) in [5, 5.41) is 12.1. The summed E-state index contributed by atoms with van der Waals surface area (Å²) in [6, 6.07) is 15.0. The van der Waals surface area contributed by atoms with Crippen LogP contribution in [-0.2, 0) is 11.3 Å². The first-order valence-electron chi connectivity index (χ1n) is 7.01. The van der Waals surface area contributed by atoms with Gasteiger partial charge in [-0.1, -0.05) is 30.3 Å². The van der Waals surface area contributed by atoms with Gasteiger partial charge in [0.15, 0.2) is 0 Å². The Bertz CT molecular complexity index is 593. The monoisotopic (exact) mass is 339 g/mol. The summed E-state index contributed by atoms with van der Waals surface area (Å²) in [7, 11) is 0. The fraction of sp³-hybridized carbons (Fsp3) is 0.235. The van der Waals surface area contributed by atoms with Crippen molar-refractivity contribution in [2.75, 3.05) is 6.61 Å². The van der Waals surface area contributed by atoms with Gasteiger partial charge in [-0.25, -0.2) is 4.39 Å². The quantitative estimate of drug-likeness (QED) is 0.775. The minimum Gasteiger partial charge on any atom is -0.492 e. The highest BCUT2D eigenvalue weighted by molar-refractivity contribution is 5.85. The molecular weight excluding hydrogens is 321 g/mol. The molecule has 2 aromatic rings. The molecule has 0 aliphatic rings. The van der Waals surface area contributed by atoms with E-state index in [9.17, 15) is 9.18 Å². The van der Waals surface area contributed by atoms with Gasteiger partial charge in [-0.05, 0) is 29.8 Å². The van der Waals surface area contributed by atoms with Crippen LogP contribution < -0.4 is 10.1 Å². The zero-order valence-corrected chi connectivity index (χ0v) is 13.3. The first kappa shape index (κ1) is 18.9. The molecule has 2 aromatic carbocycles. The molecule has 0 saturated heterocycles. The second-order valence-electron chi connectivity index (χ2n) is 4.93. The van der Waals surface area contributed by atoms with Gasteiger partial charge in [0, 0.05) is 6.54 Å². The fourth-order valence-electron chi connectivity index (χ4n) is 1.99. The number of carboxylic acid groups (broad SMARTS) is 1. The molecular formula is C17H19ClFNO3. The number of hydrogen-bond donors (Lipinski definition) is 2. The van der Waals surface area contributed by atoms with Crippen LogP contribution in [0.15, 0.2) is 54.6 Å². The normalized spacial score (nSPS) is 11.3. The standard InChI is InChI=1S/C17H18FNO3.ClH/c18-14-6-8-16(9-7-14)22-12-15(10-17(20)21)19-11-13-4-2-1-3-5-13;/h1-9,15,19H,10-12H2,(H,20,21);1H. The van der Waals surface area contributed by atoms with Crippen molar-refractivity contribution in [1.29, 1.82) is 0 Å². The molecule has 0 aliphatic carbocycles. The molecule has 0 bridgehead atoms. The SMILES string of the molecule is Cl.O=C(O)CC(COc1ccc(F)cc1)NCc1ccccc1. The Morgan fingerprint density at radius 3 is 2.39 bits per heavy atom. The molecule has 0 aromatic heterocycles. The molecule has 2 N–H and O–H groups in total. The van der Waals surface area contributed by atoms with Crippen LogP contribution in [-0.4, -0.2) is 23.7 Å². The zero-order chi connectivity index (χ0) is 15.8. The third kappa shape index (κ3) is 7.13. The lowest BCUT2D eigenvalue weighted by molar-refractivity contribution is -0.137. The number of carbonyl (C=O) groups is 1. The molecule has 0 aliphatic heterocycles. The number of hydrogen-bond acceptors (Lipinski definition) is 3. The van der Waals surface area contributed by atoms with E-state index in [-0.39, 0.29) is 37.3 Å². The van der Waals surface area contributed by atoms with Gasteiger partial charge in [0.05, 0.1) is 12.5 Å². The largest absolute Gasteiger partial charge is 0.492 e. The summed E-state index contributed by atoms with van der Waals surface area (Å²) in [6.45, 7) is 0.760. The van der Waals surface area contributed by atoms with Gasteiger partial charge in [0.25, 0.3) is 0 Å². The number of nitrogens with one attached hydrogen (secondary N) is 1. The summed E-state index contributed by atoms with van der Waals surface area (Å²) in [4.78, 5) is 10.9. The molecule has 1 atom stereocenters. The molecule has 23 heavy (non-hydrogen) atoms. The highest BCUT2D eigenvalue weighted by Crippen LogP contribution is 2.12. The Hall–Kier alpha value is -2.11. The Morgan fingerprint density at radius 2 is 1.78 bits per heavy atom. The fourth-order valence-corrected chi connectivity index (χ4v) is 1.99. The third-order valence-corrected chi connectivity index (χ3v) is 3.12. The molecule has 0 amide bonds. The van der Waals surface area contributed by atoms with Gasteiger partial charge < -0.3 is 15.2 Å².